The van der Waals surface area contributed by atoms with Crippen molar-refractivity contribution in [2.24, 2.45) is 0 Å². The van der Waals surface area contributed by atoms with Crippen LogP contribution in [0.1, 0.15) is 0 Å². The highest BCUT2D eigenvalue weighted by atomic mass is 16.3. The Kier molecular flexibility index (Phi) is 9.33. The quantitative estimate of drug-likeness (QED) is 0.151. The van der Waals surface area contributed by atoms with E-state index in [2.05, 4.69) is 261 Å². The summed E-state index contributed by atoms with van der Waals surface area (Å²) in [5, 5.41) is 17.1. The normalized spacial score (nSPS) is 11.8. The highest BCUT2D eigenvalue weighted by molar-refractivity contribution is 6.26. The number of benzene rings is 14. The fourth-order valence-corrected chi connectivity index (χ4v) is 12.1. The maximum Gasteiger partial charge on any atom is 0.136 e. The number of hydrogen-bond acceptors (Lipinski definition) is 1. The van der Waals surface area contributed by atoms with Crippen LogP contribution < -0.4 is 0 Å². The number of hydrogen-bond donors (Lipinski definition) is 0. The monoisotopic (exact) mass is 924 g/mol. The molecule has 1 heteroatoms. The van der Waals surface area contributed by atoms with Gasteiger partial charge in [0.25, 0.3) is 0 Å². The standard InChI is InChI=1S/C72H44O/c1-2-16-47(17-3-1)68-56-20-4-6-22-58(56)69(59-23-7-5-21-57(59)68)52-19-14-18-48(40-52)49-36-32-45-33-37-50(42-54(45)41-49)51-38-34-46-35-39-53(44-55(46)43-51)70-60-24-8-10-26-62(60)71(63-27-11-9-25-61(63)70)65-29-15-31-67-72(65)64-28-12-13-30-66(64)73-67/h1-44H. The molecule has 0 bridgehead atoms. The smallest absolute Gasteiger partial charge is 0.136 e. The van der Waals surface area contributed by atoms with Crippen molar-refractivity contribution in [3.63, 3.8) is 0 Å². The van der Waals surface area contributed by atoms with Crippen molar-refractivity contribution in [2.75, 3.05) is 0 Å². The molecule has 1 heterocycles. The van der Waals surface area contributed by atoms with Gasteiger partial charge in [-0.3, -0.25) is 0 Å². The molecule has 0 aliphatic carbocycles. The van der Waals surface area contributed by atoms with Crippen molar-refractivity contribution in [1.82, 2.24) is 0 Å². The summed E-state index contributed by atoms with van der Waals surface area (Å²) >= 11 is 0. The first-order chi connectivity index (χ1) is 36.2. The molecule has 14 aromatic carbocycles. The zero-order valence-corrected chi connectivity index (χ0v) is 39.8. The van der Waals surface area contributed by atoms with Crippen molar-refractivity contribution in [2.45, 2.75) is 0 Å². The van der Waals surface area contributed by atoms with E-state index in [1.807, 2.05) is 6.07 Å². The minimum Gasteiger partial charge on any atom is -0.456 e. The van der Waals surface area contributed by atoms with Crippen LogP contribution in [0.25, 0.3) is 153 Å². The molecular formula is C72H44O. The molecule has 1 aromatic heterocycles. The van der Waals surface area contributed by atoms with Crippen LogP contribution in [0, 0.1) is 0 Å². The Morgan fingerprint density at radius 2 is 0.534 bits per heavy atom. The molecule has 0 aliphatic rings. The van der Waals surface area contributed by atoms with Crippen molar-refractivity contribution in [3.05, 3.63) is 267 Å². The van der Waals surface area contributed by atoms with Crippen LogP contribution in [0.5, 0.6) is 0 Å². The Balaban J connectivity index is 0.825. The van der Waals surface area contributed by atoms with Crippen LogP contribution >= 0.6 is 0 Å². The first kappa shape index (κ1) is 41.2. The largest absolute Gasteiger partial charge is 0.456 e. The van der Waals surface area contributed by atoms with Crippen molar-refractivity contribution < 1.29 is 4.42 Å². The average molecular weight is 925 g/mol. The van der Waals surface area contributed by atoms with E-state index in [-0.39, 0.29) is 0 Å². The molecule has 0 atom stereocenters. The fraction of sp³-hybridized carbons (Fsp3) is 0. The maximum absolute atomic E-state index is 6.41. The van der Waals surface area contributed by atoms with Crippen LogP contribution in [0.4, 0.5) is 0 Å². The molecule has 0 amide bonds. The third kappa shape index (κ3) is 6.63. The van der Waals surface area contributed by atoms with Gasteiger partial charge in [-0.05, 0) is 174 Å². The van der Waals surface area contributed by atoms with Crippen LogP contribution in [0.2, 0.25) is 0 Å². The SMILES string of the molecule is c1ccc(-c2c3ccccc3c(-c3cccc(-c4ccc5ccc(-c6ccc7ccc(-c8c9ccccc9c(-c9cccc%10oc%11ccccc%11c9%10)c9ccccc89)cc7c6)cc5c4)c3)c3ccccc23)cc1. The van der Waals surface area contributed by atoms with E-state index in [1.54, 1.807) is 0 Å². The molecule has 15 rings (SSSR count). The lowest BCUT2D eigenvalue weighted by Gasteiger charge is -2.18. The third-order valence-corrected chi connectivity index (χ3v) is 15.4. The van der Waals surface area contributed by atoms with E-state index in [0.29, 0.717) is 0 Å². The summed E-state index contributed by atoms with van der Waals surface area (Å²) in [6, 6.07) is 98.2. The van der Waals surface area contributed by atoms with Crippen LogP contribution in [-0.2, 0) is 0 Å². The van der Waals surface area contributed by atoms with E-state index in [4.69, 9.17) is 4.42 Å². The lowest BCUT2D eigenvalue weighted by atomic mass is 9.84. The van der Waals surface area contributed by atoms with Crippen molar-refractivity contribution >= 4 is 86.6 Å². The summed E-state index contributed by atoms with van der Waals surface area (Å²) in [5.41, 5.74) is 16.5. The van der Waals surface area contributed by atoms with Gasteiger partial charge in [0.2, 0.25) is 0 Å². The lowest BCUT2D eigenvalue weighted by molar-refractivity contribution is 0.669. The molecule has 0 saturated carbocycles. The second-order valence-corrected chi connectivity index (χ2v) is 19.5. The third-order valence-electron chi connectivity index (χ3n) is 15.4. The van der Waals surface area contributed by atoms with Crippen LogP contribution in [0.3, 0.4) is 0 Å². The van der Waals surface area contributed by atoms with Gasteiger partial charge < -0.3 is 4.42 Å². The predicted octanol–water partition coefficient (Wildman–Crippen LogP) is 20.5. The van der Waals surface area contributed by atoms with Gasteiger partial charge in [0.15, 0.2) is 0 Å². The minimum absolute atomic E-state index is 0.905. The average Bonchev–Trinajstić information content (AvgIpc) is 3.85. The van der Waals surface area contributed by atoms with Gasteiger partial charge in [-0.15, -0.1) is 0 Å². The Bertz CT molecular complexity index is 4610. The zero-order valence-electron chi connectivity index (χ0n) is 39.8. The first-order valence-corrected chi connectivity index (χ1v) is 25.2. The van der Waals surface area contributed by atoms with E-state index in [1.165, 1.54) is 131 Å². The van der Waals surface area contributed by atoms with E-state index in [9.17, 15) is 0 Å². The second-order valence-electron chi connectivity index (χ2n) is 19.5. The number of rotatable bonds is 6. The summed E-state index contributed by atoms with van der Waals surface area (Å²) in [7, 11) is 0. The summed E-state index contributed by atoms with van der Waals surface area (Å²) in [4.78, 5) is 0. The topological polar surface area (TPSA) is 13.1 Å². The molecule has 15 aromatic rings. The summed E-state index contributed by atoms with van der Waals surface area (Å²) in [5.74, 6) is 0. The van der Waals surface area contributed by atoms with Gasteiger partial charge in [0, 0.05) is 10.8 Å². The second kappa shape index (κ2) is 16.5. The number of para-hydroxylation sites is 1. The van der Waals surface area contributed by atoms with E-state index in [0.717, 1.165) is 21.9 Å². The van der Waals surface area contributed by atoms with Gasteiger partial charge in [-0.1, -0.05) is 224 Å². The zero-order chi connectivity index (χ0) is 48.0. The van der Waals surface area contributed by atoms with E-state index >= 15 is 0 Å². The van der Waals surface area contributed by atoms with Gasteiger partial charge in [0.05, 0.1) is 0 Å². The molecule has 338 valence electrons. The number of furan rings is 1. The van der Waals surface area contributed by atoms with Gasteiger partial charge in [-0.25, -0.2) is 0 Å². The van der Waals surface area contributed by atoms with Crippen molar-refractivity contribution in [1.29, 1.82) is 0 Å². The van der Waals surface area contributed by atoms with Crippen molar-refractivity contribution in [3.8, 4) is 66.8 Å². The Morgan fingerprint density at radius 1 is 0.192 bits per heavy atom. The van der Waals surface area contributed by atoms with Gasteiger partial charge in [0.1, 0.15) is 11.2 Å². The molecule has 73 heavy (non-hydrogen) atoms. The predicted molar refractivity (Wildman–Crippen MR) is 311 cm³/mol. The molecule has 0 fully saturated rings. The highest BCUT2D eigenvalue weighted by Crippen LogP contribution is 2.48. The van der Waals surface area contributed by atoms with Crippen LogP contribution in [-0.4, -0.2) is 0 Å². The Morgan fingerprint density at radius 3 is 1.05 bits per heavy atom. The summed E-state index contributed by atoms with van der Waals surface area (Å²) in [6.07, 6.45) is 0. The minimum atomic E-state index is 0.905. The molecule has 0 spiro atoms. The molecule has 0 aliphatic heterocycles. The lowest BCUT2D eigenvalue weighted by Crippen LogP contribution is -1.91. The number of fused-ring (bicyclic) bond motifs is 9. The molecular weight excluding hydrogens is 881 g/mol. The maximum atomic E-state index is 6.41. The fourth-order valence-electron chi connectivity index (χ4n) is 12.1. The Labute approximate surface area is 422 Å². The summed E-state index contributed by atoms with van der Waals surface area (Å²) < 4.78 is 6.41. The Hall–Kier alpha value is -9.56. The molecule has 0 N–H and O–H groups in total. The molecule has 1 nitrogen and oxygen atoms in total. The summed E-state index contributed by atoms with van der Waals surface area (Å²) in [6.45, 7) is 0. The van der Waals surface area contributed by atoms with E-state index < -0.39 is 0 Å². The molecule has 0 unspecified atom stereocenters. The molecule has 0 saturated heterocycles. The highest BCUT2D eigenvalue weighted by Gasteiger charge is 2.21. The first-order valence-electron chi connectivity index (χ1n) is 25.2. The molecule has 0 radical (unpaired) electrons. The van der Waals surface area contributed by atoms with Gasteiger partial charge >= 0.3 is 0 Å². The van der Waals surface area contributed by atoms with Crippen LogP contribution in [0.15, 0.2) is 271 Å². The van der Waals surface area contributed by atoms with Gasteiger partial charge in [-0.2, -0.15) is 0 Å².